The maximum atomic E-state index is 6.09. The second-order valence-corrected chi connectivity index (χ2v) is 5.67. The van der Waals surface area contributed by atoms with Gasteiger partial charge >= 0.3 is 0 Å². The molecule has 0 aliphatic heterocycles. The molecule has 2 N–H and O–H groups in total. The van der Waals surface area contributed by atoms with E-state index in [0.29, 0.717) is 6.04 Å². The third kappa shape index (κ3) is 2.43. The molecule has 4 heteroatoms. The van der Waals surface area contributed by atoms with Crippen molar-refractivity contribution in [1.29, 1.82) is 0 Å². The topological polar surface area (TPSA) is 43.8 Å². The smallest absolute Gasteiger partial charge is 0.125 e. The van der Waals surface area contributed by atoms with Gasteiger partial charge in [0.2, 0.25) is 0 Å². The highest BCUT2D eigenvalue weighted by Gasteiger charge is 2.14. The van der Waals surface area contributed by atoms with Crippen LogP contribution in [0.25, 0.3) is 10.6 Å². The molecule has 0 aliphatic carbocycles. The van der Waals surface area contributed by atoms with Crippen LogP contribution in [0.4, 0.5) is 5.69 Å². The fraction of sp³-hybridized carbons (Fsp3) is 0.500. The van der Waals surface area contributed by atoms with Gasteiger partial charge in [-0.3, -0.25) is 4.68 Å². The Balaban J connectivity index is 2.34. The van der Waals surface area contributed by atoms with Crippen molar-refractivity contribution in [1.82, 2.24) is 9.78 Å². The largest absolute Gasteiger partial charge is 0.396 e. The lowest BCUT2D eigenvalue weighted by Crippen LogP contribution is -2.07. The summed E-state index contributed by atoms with van der Waals surface area (Å²) in [4.78, 5) is 2.55. The zero-order valence-corrected chi connectivity index (χ0v) is 12.1. The molecule has 0 amide bonds. The minimum atomic E-state index is 0.451. The molecule has 0 saturated heterocycles. The highest BCUT2D eigenvalue weighted by atomic mass is 32.1. The average molecular weight is 263 g/mol. The molecule has 0 aliphatic rings. The van der Waals surface area contributed by atoms with Gasteiger partial charge in [-0.05, 0) is 31.4 Å². The lowest BCUT2D eigenvalue weighted by atomic mass is 10.2. The van der Waals surface area contributed by atoms with Crippen LogP contribution in [-0.4, -0.2) is 9.78 Å². The van der Waals surface area contributed by atoms with E-state index >= 15 is 0 Å². The van der Waals surface area contributed by atoms with Gasteiger partial charge in [0.25, 0.3) is 0 Å². The Morgan fingerprint density at radius 3 is 2.56 bits per heavy atom. The fourth-order valence-electron chi connectivity index (χ4n) is 2.14. The van der Waals surface area contributed by atoms with Gasteiger partial charge in [0.1, 0.15) is 5.69 Å². The SMILES string of the molecule is CCc1ccc(-c2nn(C(CC)CC)cc2N)s1. The van der Waals surface area contributed by atoms with Crippen LogP contribution < -0.4 is 5.73 Å². The van der Waals surface area contributed by atoms with Crippen LogP contribution in [0.1, 0.15) is 44.5 Å². The first-order valence-electron chi connectivity index (χ1n) is 6.63. The van der Waals surface area contributed by atoms with Crippen LogP contribution in [-0.2, 0) is 6.42 Å². The van der Waals surface area contributed by atoms with Crippen molar-refractivity contribution in [2.75, 3.05) is 5.73 Å². The number of aromatic nitrogens is 2. The second kappa shape index (κ2) is 5.57. The molecular formula is C14H21N3S. The lowest BCUT2D eigenvalue weighted by molar-refractivity contribution is 0.429. The summed E-state index contributed by atoms with van der Waals surface area (Å²) in [6, 6.07) is 4.74. The Bertz CT molecular complexity index is 509. The minimum absolute atomic E-state index is 0.451. The number of nitrogens with zero attached hydrogens (tertiary/aromatic N) is 2. The summed E-state index contributed by atoms with van der Waals surface area (Å²) in [7, 11) is 0. The Hall–Kier alpha value is -1.29. The number of hydrogen-bond donors (Lipinski definition) is 1. The highest BCUT2D eigenvalue weighted by molar-refractivity contribution is 7.15. The molecule has 2 heterocycles. The molecule has 18 heavy (non-hydrogen) atoms. The molecule has 0 radical (unpaired) electrons. The molecule has 98 valence electrons. The van der Waals surface area contributed by atoms with E-state index in [1.807, 2.05) is 10.9 Å². The first-order chi connectivity index (χ1) is 8.69. The van der Waals surface area contributed by atoms with E-state index in [0.717, 1.165) is 30.6 Å². The normalized spacial score (nSPS) is 11.3. The number of rotatable bonds is 5. The van der Waals surface area contributed by atoms with E-state index in [1.165, 1.54) is 9.75 Å². The van der Waals surface area contributed by atoms with Crippen molar-refractivity contribution in [3.8, 4) is 10.6 Å². The summed E-state index contributed by atoms with van der Waals surface area (Å²) in [5, 5.41) is 4.67. The number of thiophene rings is 1. The molecule has 0 fully saturated rings. The third-order valence-corrected chi connectivity index (χ3v) is 4.56. The zero-order chi connectivity index (χ0) is 13.1. The maximum Gasteiger partial charge on any atom is 0.125 e. The first-order valence-corrected chi connectivity index (χ1v) is 7.44. The second-order valence-electron chi connectivity index (χ2n) is 4.50. The van der Waals surface area contributed by atoms with E-state index in [-0.39, 0.29) is 0 Å². The molecule has 0 unspecified atom stereocenters. The van der Waals surface area contributed by atoms with Crippen molar-refractivity contribution in [3.63, 3.8) is 0 Å². The van der Waals surface area contributed by atoms with Crippen LogP contribution in [0.15, 0.2) is 18.3 Å². The molecule has 2 aromatic heterocycles. The third-order valence-electron chi connectivity index (χ3n) is 3.32. The first kappa shape index (κ1) is 13.1. The monoisotopic (exact) mass is 263 g/mol. The summed E-state index contributed by atoms with van der Waals surface area (Å²) in [6.07, 6.45) is 5.21. The number of nitrogens with two attached hydrogens (primary N) is 1. The summed E-state index contributed by atoms with van der Waals surface area (Å²) in [5.74, 6) is 0. The highest BCUT2D eigenvalue weighted by Crippen LogP contribution is 2.32. The Morgan fingerprint density at radius 1 is 1.28 bits per heavy atom. The van der Waals surface area contributed by atoms with Gasteiger partial charge in [-0.15, -0.1) is 11.3 Å². The Morgan fingerprint density at radius 2 is 2.00 bits per heavy atom. The van der Waals surface area contributed by atoms with Gasteiger partial charge in [0.05, 0.1) is 16.6 Å². The molecule has 2 rings (SSSR count). The van der Waals surface area contributed by atoms with Gasteiger partial charge in [0, 0.05) is 11.1 Å². The number of anilines is 1. The van der Waals surface area contributed by atoms with Gasteiger partial charge in [-0.2, -0.15) is 5.10 Å². The van der Waals surface area contributed by atoms with Crippen molar-refractivity contribution >= 4 is 17.0 Å². The Labute approximate surface area is 113 Å². The van der Waals surface area contributed by atoms with Gasteiger partial charge in [0.15, 0.2) is 0 Å². The van der Waals surface area contributed by atoms with E-state index in [4.69, 9.17) is 5.73 Å². The summed E-state index contributed by atoms with van der Waals surface area (Å²) < 4.78 is 2.02. The van der Waals surface area contributed by atoms with Gasteiger partial charge < -0.3 is 5.73 Å². The Kier molecular flexibility index (Phi) is 4.07. The molecule has 0 bridgehead atoms. The fourth-order valence-corrected chi connectivity index (χ4v) is 3.10. The number of hydrogen-bond acceptors (Lipinski definition) is 3. The van der Waals surface area contributed by atoms with Gasteiger partial charge in [-0.1, -0.05) is 20.8 Å². The van der Waals surface area contributed by atoms with Crippen LogP contribution in [0.2, 0.25) is 0 Å². The van der Waals surface area contributed by atoms with Crippen LogP contribution in [0.5, 0.6) is 0 Å². The predicted octanol–water partition coefficient (Wildman–Crippen LogP) is 4.12. The van der Waals surface area contributed by atoms with Crippen molar-refractivity contribution in [3.05, 3.63) is 23.2 Å². The van der Waals surface area contributed by atoms with Crippen LogP contribution >= 0.6 is 11.3 Å². The van der Waals surface area contributed by atoms with E-state index in [2.05, 4.69) is 38.0 Å². The molecule has 3 nitrogen and oxygen atoms in total. The molecular weight excluding hydrogens is 242 g/mol. The molecule has 2 aromatic rings. The van der Waals surface area contributed by atoms with Crippen LogP contribution in [0, 0.1) is 0 Å². The quantitative estimate of drug-likeness (QED) is 0.882. The summed E-state index contributed by atoms with van der Waals surface area (Å²) >= 11 is 1.78. The van der Waals surface area contributed by atoms with Crippen molar-refractivity contribution in [2.24, 2.45) is 0 Å². The lowest BCUT2D eigenvalue weighted by Gasteiger charge is -2.12. The van der Waals surface area contributed by atoms with E-state index in [9.17, 15) is 0 Å². The summed E-state index contributed by atoms with van der Waals surface area (Å²) in [6.45, 7) is 6.54. The molecule has 0 aromatic carbocycles. The predicted molar refractivity (Wildman–Crippen MR) is 78.9 cm³/mol. The minimum Gasteiger partial charge on any atom is -0.396 e. The zero-order valence-electron chi connectivity index (χ0n) is 11.3. The van der Waals surface area contributed by atoms with Crippen molar-refractivity contribution < 1.29 is 0 Å². The maximum absolute atomic E-state index is 6.09. The van der Waals surface area contributed by atoms with Crippen LogP contribution in [0.3, 0.4) is 0 Å². The van der Waals surface area contributed by atoms with Crippen molar-refractivity contribution in [2.45, 2.75) is 46.1 Å². The van der Waals surface area contributed by atoms with E-state index < -0.39 is 0 Å². The number of aryl methyl sites for hydroxylation is 1. The van der Waals surface area contributed by atoms with E-state index in [1.54, 1.807) is 11.3 Å². The standard InChI is InChI=1S/C14H21N3S/c1-4-10(5-2)17-9-12(15)14(16-17)13-8-7-11(6-3)18-13/h7-10H,4-6,15H2,1-3H3. The van der Waals surface area contributed by atoms with Gasteiger partial charge in [-0.25, -0.2) is 0 Å². The molecule has 0 atom stereocenters. The summed E-state index contributed by atoms with van der Waals surface area (Å²) in [5.41, 5.74) is 7.82. The molecule has 0 spiro atoms. The molecule has 0 saturated carbocycles. The average Bonchev–Trinajstić information content (AvgIpc) is 2.97. The number of nitrogen functional groups attached to an aromatic ring is 1.